The highest BCUT2D eigenvalue weighted by Crippen LogP contribution is 2.19. The summed E-state index contributed by atoms with van der Waals surface area (Å²) in [6.45, 7) is 1.98. The van der Waals surface area contributed by atoms with E-state index >= 15 is 0 Å². The monoisotopic (exact) mass is 330 g/mol. The van der Waals surface area contributed by atoms with Crippen LogP contribution in [0.1, 0.15) is 33.3 Å². The molecule has 3 aromatic rings. The highest BCUT2D eigenvalue weighted by atomic mass is 16.1. The fourth-order valence-corrected chi connectivity index (χ4v) is 2.49. The predicted octanol–water partition coefficient (Wildman–Crippen LogP) is 3.88. The van der Waals surface area contributed by atoms with E-state index in [0.717, 1.165) is 11.1 Å². The van der Waals surface area contributed by atoms with Gasteiger partial charge in [0.2, 0.25) is 0 Å². The van der Waals surface area contributed by atoms with Gasteiger partial charge in [-0.15, -0.1) is 0 Å². The van der Waals surface area contributed by atoms with Crippen molar-refractivity contribution in [3.63, 3.8) is 0 Å². The van der Waals surface area contributed by atoms with Crippen molar-refractivity contribution in [1.82, 2.24) is 10.3 Å². The van der Waals surface area contributed by atoms with E-state index in [4.69, 9.17) is 0 Å². The standard InChI is InChI=1S/C21H18N2O2/c1-15(24)17-9-5-10-18(13-17)19-11-6-12-20(23-19)21(25)22-14-16-7-3-2-4-8-16/h2-13H,14H2,1H3,(H,22,25). The number of Topliss-reactive ketones (excluding diaryl/α,β-unsaturated/α-hetero) is 1. The second kappa shape index (κ2) is 7.53. The van der Waals surface area contributed by atoms with Crippen LogP contribution in [0.15, 0.2) is 72.8 Å². The molecule has 0 aliphatic carbocycles. The van der Waals surface area contributed by atoms with Gasteiger partial charge in [-0.25, -0.2) is 4.98 Å². The number of carbonyl (C=O) groups excluding carboxylic acids is 2. The van der Waals surface area contributed by atoms with E-state index in [0.29, 0.717) is 23.5 Å². The Balaban J connectivity index is 1.78. The molecule has 0 radical (unpaired) electrons. The molecule has 0 saturated carbocycles. The SMILES string of the molecule is CC(=O)c1cccc(-c2cccc(C(=O)NCc3ccccc3)n2)c1. The highest BCUT2D eigenvalue weighted by molar-refractivity contribution is 5.95. The maximum Gasteiger partial charge on any atom is 0.270 e. The van der Waals surface area contributed by atoms with Gasteiger partial charge in [0, 0.05) is 17.7 Å². The van der Waals surface area contributed by atoms with Gasteiger partial charge < -0.3 is 5.32 Å². The Bertz CT molecular complexity index is 905. The number of rotatable bonds is 5. The van der Waals surface area contributed by atoms with Crippen molar-refractivity contribution in [1.29, 1.82) is 0 Å². The van der Waals surface area contributed by atoms with Crippen LogP contribution >= 0.6 is 0 Å². The molecule has 1 heterocycles. The lowest BCUT2D eigenvalue weighted by molar-refractivity contribution is 0.0945. The van der Waals surface area contributed by atoms with Crippen molar-refractivity contribution in [2.45, 2.75) is 13.5 Å². The summed E-state index contributed by atoms with van der Waals surface area (Å²) >= 11 is 0. The first-order valence-corrected chi connectivity index (χ1v) is 8.04. The molecule has 1 aromatic heterocycles. The van der Waals surface area contributed by atoms with Gasteiger partial charge in [-0.1, -0.05) is 54.6 Å². The van der Waals surface area contributed by atoms with Crippen LogP contribution in [0.3, 0.4) is 0 Å². The molecule has 2 aromatic carbocycles. The molecule has 0 saturated heterocycles. The van der Waals surface area contributed by atoms with Crippen molar-refractivity contribution in [3.8, 4) is 11.3 Å². The molecule has 0 fully saturated rings. The molecule has 0 bridgehead atoms. The summed E-state index contributed by atoms with van der Waals surface area (Å²) in [5.41, 5.74) is 3.47. The van der Waals surface area contributed by atoms with E-state index in [1.54, 1.807) is 24.3 Å². The van der Waals surface area contributed by atoms with E-state index < -0.39 is 0 Å². The lowest BCUT2D eigenvalue weighted by atomic mass is 10.1. The molecule has 0 aliphatic rings. The minimum absolute atomic E-state index is 0.00129. The quantitative estimate of drug-likeness (QED) is 0.722. The summed E-state index contributed by atoms with van der Waals surface area (Å²) in [6, 6.07) is 22.3. The van der Waals surface area contributed by atoms with Gasteiger partial charge in [-0.05, 0) is 30.7 Å². The minimum Gasteiger partial charge on any atom is -0.347 e. The molecule has 4 nitrogen and oxygen atoms in total. The number of ketones is 1. The molecule has 0 unspecified atom stereocenters. The summed E-state index contributed by atoms with van der Waals surface area (Å²) in [4.78, 5) is 28.3. The van der Waals surface area contributed by atoms with Crippen LogP contribution in [0.25, 0.3) is 11.3 Å². The third-order valence-corrected chi connectivity index (χ3v) is 3.84. The number of hydrogen-bond donors (Lipinski definition) is 1. The van der Waals surface area contributed by atoms with Crippen LogP contribution in [-0.4, -0.2) is 16.7 Å². The zero-order chi connectivity index (χ0) is 17.6. The van der Waals surface area contributed by atoms with Crippen LogP contribution in [-0.2, 0) is 6.54 Å². The largest absolute Gasteiger partial charge is 0.347 e. The van der Waals surface area contributed by atoms with E-state index in [-0.39, 0.29) is 11.7 Å². The van der Waals surface area contributed by atoms with Crippen LogP contribution in [0.5, 0.6) is 0 Å². The third kappa shape index (κ3) is 4.18. The number of nitrogens with zero attached hydrogens (tertiary/aromatic N) is 1. The maximum atomic E-state index is 12.3. The number of carbonyl (C=O) groups is 2. The molecule has 0 spiro atoms. The van der Waals surface area contributed by atoms with Crippen molar-refractivity contribution >= 4 is 11.7 Å². The minimum atomic E-state index is -0.228. The third-order valence-electron chi connectivity index (χ3n) is 3.84. The second-order valence-electron chi connectivity index (χ2n) is 5.71. The Morgan fingerprint density at radius 1 is 0.920 bits per heavy atom. The van der Waals surface area contributed by atoms with Crippen LogP contribution in [0, 0.1) is 0 Å². The van der Waals surface area contributed by atoms with E-state index in [9.17, 15) is 9.59 Å². The van der Waals surface area contributed by atoms with Crippen LogP contribution in [0.4, 0.5) is 0 Å². The van der Waals surface area contributed by atoms with Crippen molar-refractivity contribution in [2.24, 2.45) is 0 Å². The van der Waals surface area contributed by atoms with Crippen molar-refractivity contribution < 1.29 is 9.59 Å². The Morgan fingerprint density at radius 3 is 2.44 bits per heavy atom. The molecule has 1 amide bonds. The van der Waals surface area contributed by atoms with Crippen LogP contribution in [0.2, 0.25) is 0 Å². The van der Waals surface area contributed by atoms with Crippen molar-refractivity contribution in [2.75, 3.05) is 0 Å². The number of amides is 1. The maximum absolute atomic E-state index is 12.3. The molecular formula is C21H18N2O2. The van der Waals surface area contributed by atoms with E-state index in [1.165, 1.54) is 6.92 Å². The molecule has 3 rings (SSSR count). The summed E-state index contributed by atoms with van der Waals surface area (Å²) in [5, 5.41) is 2.87. The summed E-state index contributed by atoms with van der Waals surface area (Å²) in [6.07, 6.45) is 0. The zero-order valence-electron chi connectivity index (χ0n) is 13.9. The fraction of sp³-hybridized carbons (Fsp3) is 0.0952. The van der Waals surface area contributed by atoms with Crippen molar-refractivity contribution in [3.05, 3.63) is 89.6 Å². The van der Waals surface area contributed by atoms with Gasteiger partial charge in [0.1, 0.15) is 5.69 Å². The lowest BCUT2D eigenvalue weighted by Crippen LogP contribution is -2.23. The van der Waals surface area contributed by atoms with Gasteiger partial charge in [-0.2, -0.15) is 0 Å². The summed E-state index contributed by atoms with van der Waals surface area (Å²) in [5.74, 6) is -0.230. The topological polar surface area (TPSA) is 59.1 Å². The Morgan fingerprint density at radius 2 is 1.68 bits per heavy atom. The van der Waals surface area contributed by atoms with Gasteiger partial charge in [-0.3, -0.25) is 9.59 Å². The zero-order valence-corrected chi connectivity index (χ0v) is 13.9. The first kappa shape index (κ1) is 16.6. The average molecular weight is 330 g/mol. The normalized spacial score (nSPS) is 10.3. The van der Waals surface area contributed by atoms with Gasteiger partial charge in [0.15, 0.2) is 5.78 Å². The van der Waals surface area contributed by atoms with E-state index in [2.05, 4.69) is 10.3 Å². The van der Waals surface area contributed by atoms with Gasteiger partial charge >= 0.3 is 0 Å². The molecule has 25 heavy (non-hydrogen) atoms. The molecule has 4 heteroatoms. The first-order chi connectivity index (χ1) is 12.1. The number of nitrogens with one attached hydrogen (secondary N) is 1. The summed E-state index contributed by atoms with van der Waals surface area (Å²) in [7, 11) is 0. The Hall–Kier alpha value is -3.27. The number of hydrogen-bond acceptors (Lipinski definition) is 3. The van der Waals surface area contributed by atoms with Crippen LogP contribution < -0.4 is 5.32 Å². The molecule has 0 aliphatic heterocycles. The number of benzene rings is 2. The second-order valence-corrected chi connectivity index (χ2v) is 5.71. The van der Waals surface area contributed by atoms with Gasteiger partial charge in [0.25, 0.3) is 5.91 Å². The average Bonchev–Trinajstić information content (AvgIpc) is 2.67. The summed E-state index contributed by atoms with van der Waals surface area (Å²) < 4.78 is 0. The Labute approximate surface area is 146 Å². The molecule has 124 valence electrons. The fourth-order valence-electron chi connectivity index (χ4n) is 2.49. The number of aromatic nitrogens is 1. The number of pyridine rings is 1. The van der Waals surface area contributed by atoms with Gasteiger partial charge in [0.05, 0.1) is 5.69 Å². The van der Waals surface area contributed by atoms with E-state index in [1.807, 2.05) is 48.5 Å². The molecule has 0 atom stereocenters. The molecule has 1 N–H and O–H groups in total. The lowest BCUT2D eigenvalue weighted by Gasteiger charge is -2.07. The predicted molar refractivity (Wildman–Crippen MR) is 97.3 cm³/mol. The first-order valence-electron chi connectivity index (χ1n) is 8.04. The smallest absolute Gasteiger partial charge is 0.270 e. The highest BCUT2D eigenvalue weighted by Gasteiger charge is 2.10. The Kier molecular flexibility index (Phi) is 5.00. The molecular weight excluding hydrogens is 312 g/mol.